The first-order chi connectivity index (χ1) is 8.63. The van der Waals surface area contributed by atoms with Crippen molar-refractivity contribution in [3.8, 4) is 17.2 Å². The molecular formula is C13H18O5. The van der Waals surface area contributed by atoms with Gasteiger partial charge >= 0.3 is 5.97 Å². The number of carbonyl (C=O) groups is 1. The molecule has 0 atom stereocenters. The first-order valence-corrected chi connectivity index (χ1v) is 5.64. The molecule has 0 saturated heterocycles. The Kier molecular flexibility index (Phi) is 5.30. The summed E-state index contributed by atoms with van der Waals surface area (Å²) in [6, 6.07) is 3.62. The molecule has 0 unspecified atom stereocenters. The Balaban J connectivity index is 2.89. The third-order valence-corrected chi connectivity index (χ3v) is 2.34. The molecule has 0 aliphatic heterocycles. The van der Waals surface area contributed by atoms with Gasteiger partial charge in [-0.3, -0.25) is 0 Å². The van der Waals surface area contributed by atoms with Gasteiger partial charge in [-0.05, 0) is 25.5 Å². The third kappa shape index (κ3) is 3.29. The Morgan fingerprint density at radius 3 is 2.44 bits per heavy atom. The standard InChI is InChI=1S/C13H18O5/c1-5-17-11(14)8-18-12-9(2)6-7-10(15-3)13(12)16-4/h6-7H,5,8H2,1-4H3. The topological polar surface area (TPSA) is 54.0 Å². The van der Waals surface area contributed by atoms with Crippen molar-refractivity contribution >= 4 is 5.97 Å². The molecule has 18 heavy (non-hydrogen) atoms. The van der Waals surface area contributed by atoms with Gasteiger partial charge in [0.25, 0.3) is 0 Å². The second kappa shape index (κ2) is 6.74. The van der Waals surface area contributed by atoms with E-state index in [1.807, 2.05) is 13.0 Å². The maximum atomic E-state index is 11.3. The number of methoxy groups -OCH3 is 2. The van der Waals surface area contributed by atoms with Gasteiger partial charge in [0.15, 0.2) is 18.1 Å². The highest BCUT2D eigenvalue weighted by molar-refractivity contribution is 5.71. The Labute approximate surface area is 107 Å². The minimum atomic E-state index is -0.415. The average molecular weight is 254 g/mol. The highest BCUT2D eigenvalue weighted by atomic mass is 16.6. The van der Waals surface area contributed by atoms with Crippen molar-refractivity contribution < 1.29 is 23.7 Å². The predicted octanol–water partition coefficient (Wildman–Crippen LogP) is 1.95. The van der Waals surface area contributed by atoms with Crippen molar-refractivity contribution in [2.75, 3.05) is 27.4 Å². The summed E-state index contributed by atoms with van der Waals surface area (Å²) in [5.41, 5.74) is 0.858. The fourth-order valence-corrected chi connectivity index (χ4v) is 1.51. The lowest BCUT2D eigenvalue weighted by Gasteiger charge is -2.15. The van der Waals surface area contributed by atoms with Crippen LogP contribution in [0.3, 0.4) is 0 Å². The van der Waals surface area contributed by atoms with Crippen LogP contribution in [0.2, 0.25) is 0 Å². The van der Waals surface area contributed by atoms with Crippen molar-refractivity contribution in [3.63, 3.8) is 0 Å². The van der Waals surface area contributed by atoms with Gasteiger partial charge in [0.1, 0.15) is 0 Å². The molecule has 1 rings (SSSR count). The quantitative estimate of drug-likeness (QED) is 0.726. The number of benzene rings is 1. The first-order valence-electron chi connectivity index (χ1n) is 5.64. The molecule has 0 saturated carbocycles. The number of rotatable bonds is 6. The van der Waals surface area contributed by atoms with Gasteiger partial charge in [-0.15, -0.1) is 0 Å². The van der Waals surface area contributed by atoms with Crippen LogP contribution < -0.4 is 14.2 Å². The molecule has 5 nitrogen and oxygen atoms in total. The molecule has 0 spiro atoms. The molecule has 1 aromatic carbocycles. The lowest BCUT2D eigenvalue weighted by molar-refractivity contribution is -0.145. The lowest BCUT2D eigenvalue weighted by Crippen LogP contribution is -2.15. The van der Waals surface area contributed by atoms with Gasteiger partial charge in [-0.25, -0.2) is 4.79 Å². The van der Waals surface area contributed by atoms with Crippen LogP contribution in [0, 0.1) is 6.92 Å². The van der Waals surface area contributed by atoms with Gasteiger partial charge in [0.05, 0.1) is 20.8 Å². The number of aryl methyl sites for hydroxylation is 1. The Bertz CT molecular complexity index is 414. The molecule has 100 valence electrons. The summed E-state index contributed by atoms with van der Waals surface area (Å²) in [6.07, 6.45) is 0. The van der Waals surface area contributed by atoms with E-state index in [0.717, 1.165) is 5.56 Å². The zero-order valence-electron chi connectivity index (χ0n) is 11.1. The molecule has 0 heterocycles. The van der Waals surface area contributed by atoms with Crippen LogP contribution in [0.25, 0.3) is 0 Å². The zero-order chi connectivity index (χ0) is 13.5. The van der Waals surface area contributed by atoms with Crippen molar-refractivity contribution in [1.29, 1.82) is 0 Å². The van der Waals surface area contributed by atoms with Crippen LogP contribution in [0.15, 0.2) is 12.1 Å². The van der Waals surface area contributed by atoms with Gasteiger partial charge in [-0.2, -0.15) is 0 Å². The van der Waals surface area contributed by atoms with Crippen molar-refractivity contribution in [2.45, 2.75) is 13.8 Å². The monoisotopic (exact) mass is 254 g/mol. The molecule has 0 amide bonds. The Hall–Kier alpha value is -1.91. The van der Waals surface area contributed by atoms with Crippen LogP contribution >= 0.6 is 0 Å². The average Bonchev–Trinajstić information content (AvgIpc) is 2.37. The summed E-state index contributed by atoms with van der Waals surface area (Å²) in [5, 5.41) is 0. The second-order valence-corrected chi connectivity index (χ2v) is 3.54. The fourth-order valence-electron chi connectivity index (χ4n) is 1.51. The maximum Gasteiger partial charge on any atom is 0.344 e. The minimum Gasteiger partial charge on any atom is -0.493 e. The van der Waals surface area contributed by atoms with Gasteiger partial charge in [-0.1, -0.05) is 6.07 Å². The molecular weight excluding hydrogens is 236 g/mol. The van der Waals surface area contributed by atoms with Crippen LogP contribution in [0.4, 0.5) is 0 Å². The van der Waals surface area contributed by atoms with E-state index in [0.29, 0.717) is 23.9 Å². The molecule has 0 aliphatic carbocycles. The van der Waals surface area contributed by atoms with E-state index in [1.54, 1.807) is 20.1 Å². The van der Waals surface area contributed by atoms with Crippen molar-refractivity contribution in [2.24, 2.45) is 0 Å². The van der Waals surface area contributed by atoms with Crippen LogP contribution in [0.5, 0.6) is 17.2 Å². The van der Waals surface area contributed by atoms with Crippen molar-refractivity contribution in [3.05, 3.63) is 17.7 Å². The highest BCUT2D eigenvalue weighted by Gasteiger charge is 2.15. The van der Waals surface area contributed by atoms with E-state index < -0.39 is 5.97 Å². The van der Waals surface area contributed by atoms with E-state index in [9.17, 15) is 4.79 Å². The zero-order valence-corrected chi connectivity index (χ0v) is 11.1. The van der Waals surface area contributed by atoms with Crippen LogP contribution in [-0.2, 0) is 9.53 Å². The molecule has 0 aliphatic rings. The van der Waals surface area contributed by atoms with E-state index in [-0.39, 0.29) is 6.61 Å². The summed E-state index contributed by atoms with van der Waals surface area (Å²) >= 11 is 0. The number of carbonyl (C=O) groups excluding carboxylic acids is 1. The maximum absolute atomic E-state index is 11.3. The lowest BCUT2D eigenvalue weighted by atomic mass is 10.2. The summed E-state index contributed by atoms with van der Waals surface area (Å²) in [6.45, 7) is 3.78. The van der Waals surface area contributed by atoms with Crippen LogP contribution in [0.1, 0.15) is 12.5 Å². The van der Waals surface area contributed by atoms with E-state index in [1.165, 1.54) is 7.11 Å². The molecule has 0 bridgehead atoms. The Morgan fingerprint density at radius 2 is 1.89 bits per heavy atom. The van der Waals surface area contributed by atoms with E-state index in [2.05, 4.69) is 0 Å². The molecule has 0 aromatic heterocycles. The van der Waals surface area contributed by atoms with Crippen molar-refractivity contribution in [1.82, 2.24) is 0 Å². The number of hydrogen-bond acceptors (Lipinski definition) is 5. The molecule has 0 N–H and O–H groups in total. The molecule has 5 heteroatoms. The first kappa shape index (κ1) is 14.2. The third-order valence-electron chi connectivity index (χ3n) is 2.34. The largest absolute Gasteiger partial charge is 0.493 e. The van der Waals surface area contributed by atoms with Gasteiger partial charge in [0, 0.05) is 0 Å². The minimum absolute atomic E-state index is 0.155. The Morgan fingerprint density at radius 1 is 1.17 bits per heavy atom. The fraction of sp³-hybridized carbons (Fsp3) is 0.462. The summed E-state index contributed by atoms with van der Waals surface area (Å²) in [7, 11) is 3.07. The molecule has 1 aromatic rings. The summed E-state index contributed by atoms with van der Waals surface area (Å²) in [5.74, 6) is 1.11. The predicted molar refractivity (Wildman–Crippen MR) is 66.4 cm³/mol. The molecule has 0 fully saturated rings. The highest BCUT2D eigenvalue weighted by Crippen LogP contribution is 2.39. The number of hydrogen-bond donors (Lipinski definition) is 0. The van der Waals surface area contributed by atoms with Gasteiger partial charge < -0.3 is 18.9 Å². The molecule has 0 radical (unpaired) electrons. The normalized spacial score (nSPS) is 9.78. The summed E-state index contributed by atoms with van der Waals surface area (Å²) in [4.78, 5) is 11.3. The van der Waals surface area contributed by atoms with E-state index >= 15 is 0 Å². The van der Waals surface area contributed by atoms with E-state index in [4.69, 9.17) is 18.9 Å². The second-order valence-electron chi connectivity index (χ2n) is 3.54. The number of esters is 1. The summed E-state index contributed by atoms with van der Waals surface area (Å²) < 4.78 is 20.6. The van der Waals surface area contributed by atoms with Gasteiger partial charge in [0.2, 0.25) is 5.75 Å². The smallest absolute Gasteiger partial charge is 0.344 e. The number of ether oxygens (including phenoxy) is 4. The van der Waals surface area contributed by atoms with Crippen LogP contribution in [-0.4, -0.2) is 33.4 Å². The SMILES string of the molecule is CCOC(=O)COc1c(C)ccc(OC)c1OC.